The van der Waals surface area contributed by atoms with E-state index < -0.39 is 285 Å². The van der Waals surface area contributed by atoms with Gasteiger partial charge in [0.25, 0.3) is 0 Å². The summed E-state index contributed by atoms with van der Waals surface area (Å²) in [5, 5.41) is 52.4. The zero-order valence-electron chi connectivity index (χ0n) is 71.2. The molecule has 1 aliphatic rings. The predicted octanol–water partition coefficient (Wildman–Crippen LogP) is 3.36. The molecular weight excluding hydrogens is 1790 g/mol. The number of nitrogens with two attached hydrogens (primary N) is 4. The van der Waals surface area contributed by atoms with Gasteiger partial charge in [0.2, 0.25) is 5.91 Å². The highest BCUT2D eigenvalue weighted by Crippen LogP contribution is 2.50. The van der Waals surface area contributed by atoms with Crippen LogP contribution in [0.25, 0.3) is 0 Å². The molecule has 0 aromatic heterocycles. The Morgan fingerprint density at radius 3 is 0.871 bits per heavy atom. The largest absolute Gasteiger partial charge is 0.472 e. The molecule has 49 nitrogen and oxygen atoms in total. The van der Waals surface area contributed by atoms with Crippen molar-refractivity contribution in [3.05, 3.63) is 0 Å². The Labute approximate surface area is 721 Å². The van der Waals surface area contributed by atoms with Crippen LogP contribution in [0.2, 0.25) is 0 Å². The molecule has 730 valence electrons. The van der Waals surface area contributed by atoms with E-state index in [1.807, 2.05) is 0 Å². The van der Waals surface area contributed by atoms with E-state index in [1.165, 1.54) is 38.5 Å². The van der Waals surface area contributed by atoms with Gasteiger partial charge in [0, 0.05) is 19.8 Å². The molecular formula is C69H135N5O44P6. The molecule has 0 aromatic carbocycles. The number of nitrogens with one attached hydrogen (secondary N) is 1. The topological polar surface area (TPSA) is 745 Å². The molecule has 1 saturated heterocycles. The number of aliphatic hydroxyl groups excluding tert-OH is 5. The fourth-order valence-electron chi connectivity index (χ4n) is 10.3. The molecule has 1 fully saturated rings. The van der Waals surface area contributed by atoms with Crippen LogP contribution < -0.4 is 28.3 Å². The number of unbranched alkanes of at least 4 members (excludes halogenated alkanes) is 20. The number of hydrogen-bond donors (Lipinski definition) is 16. The van der Waals surface area contributed by atoms with Gasteiger partial charge >= 0.3 is 82.8 Å². The van der Waals surface area contributed by atoms with Gasteiger partial charge in [-0.1, -0.05) is 142 Å². The number of carbonyl (C=O) groups excluding carboxylic acids is 7. The molecule has 22 atom stereocenters. The van der Waals surface area contributed by atoms with Crippen molar-refractivity contribution in [3.63, 3.8) is 0 Å². The summed E-state index contributed by atoms with van der Waals surface area (Å²) in [5.74, 6) is -7.34. The van der Waals surface area contributed by atoms with E-state index in [-0.39, 0.29) is 12.8 Å². The summed E-state index contributed by atoms with van der Waals surface area (Å²) in [6, 6.07) is -7.48. The summed E-state index contributed by atoms with van der Waals surface area (Å²) in [5.41, 5.74) is 22.3. The van der Waals surface area contributed by atoms with Gasteiger partial charge in [-0.05, 0) is 40.5 Å². The number of phosphoric ester groups is 6. The Balaban J connectivity index is 3.43. The van der Waals surface area contributed by atoms with E-state index in [0.717, 1.165) is 118 Å². The fraction of sp³-hybridized carbons (Fsp3) is 0.899. The Kier molecular flexibility index (Phi) is 61.5. The maximum absolute atomic E-state index is 13.7. The van der Waals surface area contributed by atoms with Crippen molar-refractivity contribution >= 4 is 88.7 Å². The maximum atomic E-state index is 13.7. The molecule has 0 aromatic rings. The van der Waals surface area contributed by atoms with Gasteiger partial charge in [-0.15, -0.1) is 0 Å². The lowest BCUT2D eigenvalue weighted by Gasteiger charge is -2.43. The quantitative estimate of drug-likeness (QED) is 0.0180. The zero-order chi connectivity index (χ0) is 93.7. The van der Waals surface area contributed by atoms with Crippen LogP contribution in [0.4, 0.5) is 0 Å². The lowest BCUT2D eigenvalue weighted by molar-refractivity contribution is -0.285. The van der Waals surface area contributed by atoms with E-state index in [2.05, 4.69) is 28.2 Å². The number of carbonyl (C=O) groups is 7. The zero-order valence-corrected chi connectivity index (χ0v) is 76.6. The average Bonchev–Trinajstić information content (AvgIpc) is 0.799. The molecule has 55 heteroatoms. The third kappa shape index (κ3) is 58.3. The molecule has 1 aliphatic heterocycles. The first-order valence-electron chi connectivity index (χ1n) is 40.8. The number of aliphatic hydroxyl groups is 5. The van der Waals surface area contributed by atoms with Crippen LogP contribution in [-0.2, 0) is 153 Å². The SMILES string of the molecule is CCCCCCCCCCCCCC(=O)OC[C@@H](COP(=O)(O)OCC(COP(=O)(O)OCC(COP(=O)(O)OCC(COP(=O)(O)OCC(COP(=O)(O)OC[C@@H](COP(=O)(O)OC[C@H](O)CO)OC(=O)[C@@H](C)N)OC(=O)[C@@H](C)N)OC(=O)[C@@H](C)N)OC(=O)[C@@H](C)N)O[C@H]1O[C@H](CO)[C@@H](O)[C@H](O)[C@H]1NC(C)=O)OC(=O)CCCCCCCCCCCCC. The van der Waals surface area contributed by atoms with E-state index in [0.29, 0.717) is 19.3 Å². The smallest absolute Gasteiger partial charge is 0.462 e. The molecule has 20 N–H and O–H groups in total. The van der Waals surface area contributed by atoms with Crippen molar-refractivity contribution < 1.29 is 208 Å². The highest BCUT2D eigenvalue weighted by atomic mass is 31.2. The number of esters is 6. The lowest BCUT2D eigenvalue weighted by Crippen LogP contribution is -2.65. The Morgan fingerprint density at radius 2 is 0.613 bits per heavy atom. The number of hydrogen-bond acceptors (Lipinski definition) is 42. The number of ether oxygens (including phenoxy) is 8. The molecule has 0 bridgehead atoms. The van der Waals surface area contributed by atoms with Crippen molar-refractivity contribution in [3.8, 4) is 0 Å². The van der Waals surface area contributed by atoms with Gasteiger partial charge in [0.1, 0.15) is 91.8 Å². The van der Waals surface area contributed by atoms with Crippen molar-refractivity contribution in [2.45, 2.75) is 300 Å². The second kappa shape index (κ2) is 64.3. The molecule has 1 rings (SSSR count). The molecule has 0 aliphatic carbocycles. The molecule has 1 heterocycles. The van der Waals surface area contributed by atoms with Crippen LogP contribution in [0.15, 0.2) is 0 Å². The number of rotatable bonds is 76. The summed E-state index contributed by atoms with van der Waals surface area (Å²) in [6.45, 7) is -7.26. The molecule has 0 spiro atoms. The van der Waals surface area contributed by atoms with Crippen LogP contribution in [0.1, 0.15) is 203 Å². The Hall–Kier alpha value is -3.49. The molecule has 0 saturated carbocycles. The fourth-order valence-corrected chi connectivity index (χ4v) is 15.1. The van der Waals surface area contributed by atoms with Gasteiger partial charge in [-0.25, -0.2) is 27.4 Å². The second-order valence-electron chi connectivity index (χ2n) is 29.1. The van der Waals surface area contributed by atoms with Crippen LogP contribution in [0, 0.1) is 0 Å². The molecule has 124 heavy (non-hydrogen) atoms. The minimum absolute atomic E-state index is 0.0147. The Bertz CT molecular complexity index is 3340. The summed E-state index contributed by atoms with van der Waals surface area (Å²) >= 11 is 0. The highest BCUT2D eigenvalue weighted by molar-refractivity contribution is 7.48. The van der Waals surface area contributed by atoms with Crippen LogP contribution in [0.3, 0.4) is 0 Å². The lowest BCUT2D eigenvalue weighted by atomic mass is 9.97. The maximum Gasteiger partial charge on any atom is 0.472 e. The molecule has 1 amide bonds. The monoisotopic (exact) mass is 1920 g/mol. The van der Waals surface area contributed by atoms with Crippen molar-refractivity contribution in [2.24, 2.45) is 22.9 Å². The highest BCUT2D eigenvalue weighted by Gasteiger charge is 2.47. The van der Waals surface area contributed by atoms with E-state index >= 15 is 0 Å². The summed E-state index contributed by atoms with van der Waals surface area (Å²) in [4.78, 5) is 153. The van der Waals surface area contributed by atoms with Gasteiger partial charge in [0.05, 0.1) is 92.5 Å². The van der Waals surface area contributed by atoms with Crippen LogP contribution in [-0.4, -0.2) is 293 Å². The molecule has 0 radical (unpaired) electrons. The predicted molar refractivity (Wildman–Crippen MR) is 431 cm³/mol. The van der Waals surface area contributed by atoms with E-state index in [9.17, 15) is 111 Å². The first-order valence-corrected chi connectivity index (χ1v) is 49.8. The van der Waals surface area contributed by atoms with Gasteiger partial charge in [-0.3, -0.25) is 87.8 Å². The van der Waals surface area contributed by atoms with E-state index in [4.69, 9.17) is 111 Å². The molecule has 10 unspecified atom stereocenters. The van der Waals surface area contributed by atoms with Crippen molar-refractivity contribution in [1.82, 2.24) is 5.32 Å². The van der Waals surface area contributed by atoms with Crippen molar-refractivity contribution in [2.75, 3.05) is 99.1 Å². The summed E-state index contributed by atoms with van der Waals surface area (Å²) < 4.78 is 181. The first-order chi connectivity index (χ1) is 58.1. The number of phosphoric acid groups is 6. The first kappa shape index (κ1) is 119. The van der Waals surface area contributed by atoms with E-state index in [1.54, 1.807) is 0 Å². The summed E-state index contributed by atoms with van der Waals surface area (Å²) in [7, 11) is -32.8. The second-order valence-corrected chi connectivity index (χ2v) is 37.9. The average molecular weight is 1920 g/mol. The number of amides is 1. The van der Waals surface area contributed by atoms with Crippen LogP contribution >= 0.6 is 46.9 Å². The minimum Gasteiger partial charge on any atom is -0.462 e. The summed E-state index contributed by atoms with van der Waals surface area (Å²) in [6.07, 6.45) is 1.63. The Morgan fingerprint density at radius 1 is 0.363 bits per heavy atom. The van der Waals surface area contributed by atoms with Crippen molar-refractivity contribution in [1.29, 1.82) is 0 Å². The standard InChI is InChI=1S/C69H135N5O44P6/c1-8-10-12-14-16-18-20-22-24-26-28-30-60(79)99-35-53(112-61(80)31-29-27-25-23-21-19-17-15-13-11-9-2)36-101-120(89,90)110-45-58(117-69-62(74-51(7)77)64(82)63(81)59(33-76)118-69)46-111-124(97,98)109-44-57(116-68(86)50(6)73)43-108-123(95,96)107-42-56(115-67(85)49(5)72)41-106-122(93,94)105-40-55(114-66(84)48(4)71)39-104-121(91,92)103-38-54(113-65(83)47(3)70)37-102-119(87,88)100-34-52(78)32-75/h47-50,52-59,62-64,69,75-76,78,81-82H,8-46,70-73H2,1-7H3,(H,74,77)(H,87,88)(H,89,90)(H,91,92)(H,93,94)(H,95,96)(H,97,98)/t47-,48-,49-,50-,52-,53+,54-,55?,56?,57?,58?,59-,62-,63-,64-,69+/m1/s1. The third-order valence-corrected chi connectivity index (χ3v) is 22.9. The minimum atomic E-state index is -5.65. The van der Waals surface area contributed by atoms with Gasteiger partial charge in [-0.2, -0.15) is 0 Å². The normalized spacial score (nSPS) is 21.2. The van der Waals surface area contributed by atoms with Gasteiger partial charge < -0.3 is 121 Å². The van der Waals surface area contributed by atoms with Crippen LogP contribution in [0.5, 0.6) is 0 Å². The third-order valence-electron chi connectivity index (χ3n) is 17.2. The van der Waals surface area contributed by atoms with Gasteiger partial charge in [0.15, 0.2) is 12.4 Å².